The number of nitrogen functional groups attached to an aromatic ring is 1. The van der Waals surface area contributed by atoms with Gasteiger partial charge in [0.15, 0.2) is 5.82 Å². The van der Waals surface area contributed by atoms with E-state index in [1.54, 1.807) is 13.8 Å². The molecule has 4 rings (SSSR count). The Labute approximate surface area is 182 Å². The number of carbonyl (C=O) groups is 1. The number of furan rings is 1. The predicted molar refractivity (Wildman–Crippen MR) is 118 cm³/mol. The van der Waals surface area contributed by atoms with E-state index in [9.17, 15) is 4.79 Å². The Balaban J connectivity index is 1.52. The van der Waals surface area contributed by atoms with Crippen LogP contribution in [0.4, 0.5) is 5.82 Å². The minimum absolute atomic E-state index is 0.173. The van der Waals surface area contributed by atoms with Crippen molar-refractivity contribution in [1.29, 1.82) is 0 Å². The number of benzene rings is 1. The number of nitrogens with zero attached hydrogens (tertiary/aromatic N) is 4. The van der Waals surface area contributed by atoms with E-state index in [1.807, 2.05) is 12.1 Å². The highest BCUT2D eigenvalue weighted by molar-refractivity contribution is 7.98. The summed E-state index contributed by atoms with van der Waals surface area (Å²) < 4.78 is 10.7. The highest BCUT2D eigenvalue weighted by Gasteiger charge is 2.24. The number of anilines is 1. The van der Waals surface area contributed by atoms with Crippen molar-refractivity contribution < 1.29 is 13.9 Å². The number of fused-ring (bicyclic) bond motifs is 1. The molecule has 0 unspecified atom stereocenters. The van der Waals surface area contributed by atoms with E-state index >= 15 is 0 Å². The SMILES string of the molecule is CCOC(=O)c1c(C)oc2nc(CSc3n[nH]c(-c4ccc(CC)cc4)n3)nc(N)c12. The molecule has 0 radical (unpaired) electrons. The zero-order chi connectivity index (χ0) is 22.0. The van der Waals surface area contributed by atoms with Gasteiger partial charge in [-0.1, -0.05) is 43.0 Å². The van der Waals surface area contributed by atoms with Gasteiger partial charge in [-0.05, 0) is 25.8 Å². The van der Waals surface area contributed by atoms with Crippen molar-refractivity contribution in [2.75, 3.05) is 12.3 Å². The van der Waals surface area contributed by atoms with E-state index < -0.39 is 5.97 Å². The van der Waals surface area contributed by atoms with E-state index in [4.69, 9.17) is 14.9 Å². The van der Waals surface area contributed by atoms with Crippen LogP contribution >= 0.6 is 11.8 Å². The lowest BCUT2D eigenvalue weighted by atomic mass is 10.1. The van der Waals surface area contributed by atoms with Gasteiger partial charge in [0.05, 0.1) is 17.7 Å². The molecule has 160 valence electrons. The number of aryl methyl sites for hydroxylation is 2. The first kappa shape index (κ1) is 20.9. The van der Waals surface area contributed by atoms with Gasteiger partial charge in [0.1, 0.15) is 23.0 Å². The number of carbonyl (C=O) groups excluding carboxylic acids is 1. The largest absolute Gasteiger partial charge is 0.462 e. The van der Waals surface area contributed by atoms with E-state index in [0.717, 1.165) is 12.0 Å². The van der Waals surface area contributed by atoms with Gasteiger partial charge in [0, 0.05) is 5.56 Å². The number of H-pyrrole nitrogens is 1. The quantitative estimate of drug-likeness (QED) is 0.325. The average molecular weight is 439 g/mol. The minimum Gasteiger partial charge on any atom is -0.462 e. The topological polar surface area (TPSA) is 133 Å². The Morgan fingerprint density at radius 1 is 1.19 bits per heavy atom. The molecule has 3 heterocycles. The van der Waals surface area contributed by atoms with Crippen molar-refractivity contribution in [2.24, 2.45) is 0 Å². The van der Waals surface area contributed by atoms with Crippen LogP contribution in [-0.4, -0.2) is 37.7 Å². The van der Waals surface area contributed by atoms with E-state index in [1.165, 1.54) is 17.3 Å². The summed E-state index contributed by atoms with van der Waals surface area (Å²) in [5, 5.41) is 8.15. The van der Waals surface area contributed by atoms with Crippen LogP contribution < -0.4 is 5.73 Å². The van der Waals surface area contributed by atoms with Crippen LogP contribution in [0.15, 0.2) is 33.8 Å². The molecule has 10 heteroatoms. The van der Waals surface area contributed by atoms with Crippen LogP contribution in [0.3, 0.4) is 0 Å². The minimum atomic E-state index is -0.503. The van der Waals surface area contributed by atoms with Crippen LogP contribution in [0.5, 0.6) is 0 Å². The fourth-order valence-electron chi connectivity index (χ4n) is 3.16. The zero-order valence-corrected chi connectivity index (χ0v) is 18.2. The number of aromatic nitrogens is 5. The first-order valence-electron chi connectivity index (χ1n) is 9.87. The number of nitrogens with one attached hydrogen (secondary N) is 1. The molecule has 0 aliphatic carbocycles. The molecule has 0 saturated heterocycles. The second kappa shape index (κ2) is 8.76. The van der Waals surface area contributed by atoms with Gasteiger partial charge in [-0.2, -0.15) is 4.98 Å². The number of aromatic amines is 1. The Hall–Kier alpha value is -3.40. The molecule has 0 saturated carbocycles. The number of thioether (sulfide) groups is 1. The average Bonchev–Trinajstić information content (AvgIpc) is 3.36. The number of nitrogens with two attached hydrogens (primary N) is 1. The van der Waals surface area contributed by atoms with Crippen molar-refractivity contribution in [3.63, 3.8) is 0 Å². The summed E-state index contributed by atoms with van der Waals surface area (Å²) in [6, 6.07) is 8.19. The molecule has 3 N–H and O–H groups in total. The number of hydrogen-bond acceptors (Lipinski definition) is 9. The normalized spacial score (nSPS) is 11.2. The van der Waals surface area contributed by atoms with Crippen molar-refractivity contribution in [1.82, 2.24) is 25.1 Å². The van der Waals surface area contributed by atoms with E-state index in [-0.39, 0.29) is 23.7 Å². The highest BCUT2D eigenvalue weighted by Crippen LogP contribution is 2.30. The molecule has 3 aromatic heterocycles. The molecular formula is C21H22N6O3S. The Morgan fingerprint density at radius 2 is 1.97 bits per heavy atom. The summed E-state index contributed by atoms with van der Waals surface area (Å²) in [6.45, 7) is 5.78. The van der Waals surface area contributed by atoms with E-state index in [2.05, 4.69) is 44.2 Å². The van der Waals surface area contributed by atoms with Crippen LogP contribution in [0.2, 0.25) is 0 Å². The molecule has 1 aromatic carbocycles. The third kappa shape index (κ3) is 4.24. The van der Waals surface area contributed by atoms with Crippen molar-refractivity contribution in [2.45, 2.75) is 38.1 Å². The number of ether oxygens (including phenoxy) is 1. The monoisotopic (exact) mass is 438 g/mol. The Morgan fingerprint density at radius 3 is 2.68 bits per heavy atom. The number of hydrogen-bond donors (Lipinski definition) is 2. The first-order valence-corrected chi connectivity index (χ1v) is 10.9. The Bertz CT molecular complexity index is 1230. The Kier molecular flexibility index (Phi) is 5.90. The third-order valence-electron chi connectivity index (χ3n) is 4.71. The maximum absolute atomic E-state index is 12.2. The summed E-state index contributed by atoms with van der Waals surface area (Å²) in [6.07, 6.45) is 0.988. The van der Waals surface area contributed by atoms with Crippen molar-refractivity contribution in [3.05, 3.63) is 47.0 Å². The maximum atomic E-state index is 12.2. The molecule has 9 nitrogen and oxygen atoms in total. The molecule has 31 heavy (non-hydrogen) atoms. The number of esters is 1. The van der Waals surface area contributed by atoms with Gasteiger partial charge in [-0.15, -0.1) is 5.10 Å². The van der Waals surface area contributed by atoms with Crippen molar-refractivity contribution >= 4 is 34.6 Å². The summed E-state index contributed by atoms with van der Waals surface area (Å²) in [5.41, 5.74) is 8.87. The summed E-state index contributed by atoms with van der Waals surface area (Å²) in [7, 11) is 0. The lowest BCUT2D eigenvalue weighted by molar-refractivity contribution is 0.0526. The molecule has 0 bridgehead atoms. The van der Waals surface area contributed by atoms with Gasteiger partial charge < -0.3 is 14.9 Å². The van der Waals surface area contributed by atoms with Gasteiger partial charge in [-0.25, -0.2) is 14.8 Å². The third-order valence-corrected chi connectivity index (χ3v) is 5.56. The van der Waals surface area contributed by atoms with E-state index in [0.29, 0.717) is 33.7 Å². The van der Waals surface area contributed by atoms with Gasteiger partial charge in [-0.3, -0.25) is 5.10 Å². The molecule has 0 spiro atoms. The smallest absolute Gasteiger partial charge is 0.342 e. The van der Waals surface area contributed by atoms with Crippen molar-refractivity contribution in [3.8, 4) is 11.4 Å². The zero-order valence-electron chi connectivity index (χ0n) is 17.4. The molecule has 0 fully saturated rings. The fourth-order valence-corrected chi connectivity index (χ4v) is 3.82. The van der Waals surface area contributed by atoms with Crippen LogP contribution in [0.1, 0.15) is 41.4 Å². The summed E-state index contributed by atoms with van der Waals surface area (Å²) in [4.78, 5) is 25.5. The van der Waals surface area contributed by atoms with Gasteiger partial charge in [0.25, 0.3) is 0 Å². The van der Waals surface area contributed by atoms with Gasteiger partial charge in [0.2, 0.25) is 10.9 Å². The lowest BCUT2D eigenvalue weighted by Crippen LogP contribution is -2.07. The molecule has 4 aromatic rings. The fraction of sp³-hybridized carbons (Fsp3) is 0.286. The standard InChI is InChI=1S/C21H22N6O3S/c1-4-12-6-8-13(9-7-12)18-25-21(27-26-18)31-10-14-23-17(22)16-15(20(28)29-5-2)11(3)30-19(16)24-14/h6-9H,4-5,10H2,1-3H3,(H2,22,23,24)(H,25,26,27). The number of rotatable bonds is 7. The van der Waals surface area contributed by atoms with Gasteiger partial charge >= 0.3 is 5.97 Å². The first-order chi connectivity index (χ1) is 15.0. The highest BCUT2D eigenvalue weighted by atomic mass is 32.2. The molecular weight excluding hydrogens is 416 g/mol. The lowest BCUT2D eigenvalue weighted by Gasteiger charge is -2.03. The molecule has 0 aliphatic heterocycles. The molecule has 0 atom stereocenters. The molecule has 0 aliphatic rings. The second-order valence-corrected chi connectivity index (χ2v) is 7.71. The predicted octanol–water partition coefficient (Wildman–Crippen LogP) is 3.93. The second-order valence-electron chi connectivity index (χ2n) is 6.76. The summed E-state index contributed by atoms with van der Waals surface area (Å²) >= 11 is 1.37. The van der Waals surface area contributed by atoms with Crippen LogP contribution in [-0.2, 0) is 16.9 Å². The maximum Gasteiger partial charge on any atom is 0.342 e. The summed E-state index contributed by atoms with van der Waals surface area (Å²) in [5.74, 6) is 1.61. The van der Waals surface area contributed by atoms with Crippen LogP contribution in [0.25, 0.3) is 22.5 Å². The van der Waals surface area contributed by atoms with Crippen LogP contribution in [0, 0.1) is 6.92 Å². The molecule has 0 amide bonds.